The molecule has 9 heteroatoms. The van der Waals surface area contributed by atoms with Gasteiger partial charge in [0.15, 0.2) is 5.60 Å². The van der Waals surface area contributed by atoms with E-state index in [0.717, 1.165) is 19.3 Å². The monoisotopic (exact) mass is 359 g/mol. The lowest BCUT2D eigenvalue weighted by Gasteiger charge is -2.56. The molecule has 0 amide bonds. The molecule has 4 rings (SSSR count). The van der Waals surface area contributed by atoms with Crippen LogP contribution in [0.25, 0.3) is 0 Å². The number of alkyl halides is 6. The van der Waals surface area contributed by atoms with Gasteiger partial charge < -0.3 is 9.84 Å². The highest BCUT2D eigenvalue weighted by atomic mass is 19.4. The maximum atomic E-state index is 12.6. The molecule has 24 heavy (non-hydrogen) atoms. The second kappa shape index (κ2) is 5.25. The summed E-state index contributed by atoms with van der Waals surface area (Å²) in [5.74, 6) is -1.63. The first-order valence-electron chi connectivity index (χ1n) is 7.87. The van der Waals surface area contributed by atoms with Crippen molar-refractivity contribution in [3.8, 4) is 0 Å². The summed E-state index contributed by atoms with van der Waals surface area (Å²) >= 11 is 0. The fourth-order valence-electron chi connectivity index (χ4n) is 5.18. The van der Waals surface area contributed by atoms with E-state index in [4.69, 9.17) is 0 Å². The first kappa shape index (κ1) is 17.8. The van der Waals surface area contributed by atoms with Crippen molar-refractivity contribution in [2.75, 3.05) is 6.61 Å². The number of carbonyl (C=O) groups excluding carboxylic acids is 1. The number of hydrogen-bond acceptors (Lipinski definition) is 3. The van der Waals surface area contributed by atoms with E-state index in [9.17, 15) is 36.2 Å². The van der Waals surface area contributed by atoms with Gasteiger partial charge in [0.05, 0.1) is 6.61 Å². The summed E-state index contributed by atoms with van der Waals surface area (Å²) in [5, 5.41) is 11.3. The molecule has 0 N–H and O–H groups in total. The van der Waals surface area contributed by atoms with Gasteiger partial charge in [0, 0.05) is 5.41 Å². The van der Waals surface area contributed by atoms with Crippen LogP contribution >= 0.6 is 0 Å². The zero-order valence-corrected chi connectivity index (χ0v) is 12.7. The molecule has 4 aliphatic carbocycles. The Labute approximate surface area is 134 Å². The van der Waals surface area contributed by atoms with Gasteiger partial charge in [-0.25, -0.2) is 0 Å². The molecule has 3 nitrogen and oxygen atoms in total. The van der Waals surface area contributed by atoms with Crippen molar-refractivity contribution < 1.29 is 41.0 Å². The van der Waals surface area contributed by atoms with Crippen molar-refractivity contribution in [1.29, 1.82) is 0 Å². The van der Waals surface area contributed by atoms with Crippen LogP contribution in [-0.4, -0.2) is 30.5 Å². The molecule has 0 heterocycles. The molecular formula is C15H17F6O3-. The van der Waals surface area contributed by atoms with Gasteiger partial charge in [-0.3, -0.25) is 4.79 Å². The van der Waals surface area contributed by atoms with Crippen LogP contribution in [0.5, 0.6) is 0 Å². The zero-order valence-electron chi connectivity index (χ0n) is 12.7. The molecule has 0 unspecified atom stereocenters. The van der Waals surface area contributed by atoms with E-state index in [-0.39, 0.29) is 0 Å². The molecule has 4 fully saturated rings. The molecule has 4 saturated carbocycles. The normalized spacial score (nSPS) is 36.0. The van der Waals surface area contributed by atoms with Crippen LogP contribution in [0.3, 0.4) is 0 Å². The third-order valence-electron chi connectivity index (χ3n) is 5.76. The van der Waals surface area contributed by atoms with Crippen LogP contribution in [0.2, 0.25) is 0 Å². The highest BCUT2D eigenvalue weighted by molar-refractivity contribution is 5.81. The molecule has 0 radical (unpaired) electrons. The summed E-state index contributed by atoms with van der Waals surface area (Å²) in [4.78, 5) is 11.5. The zero-order chi connectivity index (χ0) is 18.0. The van der Waals surface area contributed by atoms with E-state index in [1.165, 1.54) is 0 Å². The van der Waals surface area contributed by atoms with E-state index in [2.05, 4.69) is 4.74 Å². The number of ether oxygens (including phenoxy) is 1. The molecule has 0 saturated heterocycles. The Hall–Kier alpha value is -0.990. The van der Waals surface area contributed by atoms with Crippen LogP contribution in [0, 0.1) is 23.2 Å². The summed E-state index contributed by atoms with van der Waals surface area (Å²) in [6.07, 6.45) is -7.65. The second-order valence-electron chi connectivity index (χ2n) is 7.67. The SMILES string of the molecule is O=C(OCC12CC3CC(CC(C3)C1)C2)C([O-])(C(F)(F)F)C(F)(F)F. The summed E-state index contributed by atoms with van der Waals surface area (Å²) in [6, 6.07) is 0. The third-order valence-corrected chi connectivity index (χ3v) is 5.76. The van der Waals surface area contributed by atoms with Gasteiger partial charge in [-0.15, -0.1) is 0 Å². The number of halogens is 6. The lowest BCUT2D eigenvalue weighted by atomic mass is 9.50. The van der Waals surface area contributed by atoms with Gasteiger partial charge in [0.25, 0.3) is 0 Å². The van der Waals surface area contributed by atoms with E-state index < -0.39 is 35.9 Å². The third kappa shape index (κ3) is 2.68. The molecule has 0 atom stereocenters. The Kier molecular flexibility index (Phi) is 3.90. The summed E-state index contributed by atoms with van der Waals surface area (Å²) < 4.78 is 80.0. The van der Waals surface area contributed by atoms with E-state index in [1.54, 1.807) is 0 Å². The van der Waals surface area contributed by atoms with E-state index in [0.29, 0.717) is 37.0 Å². The van der Waals surface area contributed by atoms with Gasteiger partial charge in [-0.2, -0.15) is 26.3 Å². The highest BCUT2D eigenvalue weighted by Crippen LogP contribution is 2.60. The maximum Gasteiger partial charge on any atom is 0.399 e. The van der Waals surface area contributed by atoms with E-state index >= 15 is 0 Å². The summed E-state index contributed by atoms with van der Waals surface area (Å²) in [5.41, 5.74) is -6.30. The van der Waals surface area contributed by atoms with Gasteiger partial charge >= 0.3 is 18.3 Å². The molecule has 138 valence electrons. The van der Waals surface area contributed by atoms with Crippen molar-refractivity contribution >= 4 is 5.97 Å². The minimum atomic E-state index is -6.30. The van der Waals surface area contributed by atoms with Crippen LogP contribution in [-0.2, 0) is 9.53 Å². The quantitative estimate of drug-likeness (QED) is 0.575. The summed E-state index contributed by atoms with van der Waals surface area (Å²) in [6.45, 7) is -0.536. The predicted molar refractivity (Wildman–Crippen MR) is 66.4 cm³/mol. The number of carbonyl (C=O) groups is 1. The van der Waals surface area contributed by atoms with Gasteiger partial charge in [-0.1, -0.05) is 0 Å². The standard InChI is InChI=1S/C15H17F6O3/c16-14(17,18)13(23,15(19,20)21)11(22)24-7-12-4-8-1-9(5-12)3-10(2-8)6-12/h8-10H,1-7H2/q-1. The van der Waals surface area contributed by atoms with Gasteiger partial charge in [-0.05, 0) is 56.3 Å². The van der Waals surface area contributed by atoms with Crippen molar-refractivity contribution in [2.24, 2.45) is 23.2 Å². The van der Waals surface area contributed by atoms with Crippen molar-refractivity contribution in [2.45, 2.75) is 56.5 Å². The largest absolute Gasteiger partial charge is 0.828 e. The summed E-state index contributed by atoms with van der Waals surface area (Å²) in [7, 11) is 0. The maximum absolute atomic E-state index is 12.6. The van der Waals surface area contributed by atoms with Gasteiger partial charge in [0.1, 0.15) is 0 Å². The van der Waals surface area contributed by atoms with Crippen LogP contribution in [0.1, 0.15) is 38.5 Å². The van der Waals surface area contributed by atoms with Crippen LogP contribution in [0.4, 0.5) is 26.3 Å². The Bertz CT molecular complexity index is 475. The number of rotatable bonds is 3. The second-order valence-corrected chi connectivity index (χ2v) is 7.67. The van der Waals surface area contributed by atoms with Crippen molar-refractivity contribution in [1.82, 2.24) is 0 Å². The molecule has 4 aliphatic rings. The van der Waals surface area contributed by atoms with Crippen LogP contribution < -0.4 is 5.11 Å². The van der Waals surface area contributed by atoms with Gasteiger partial charge in [0.2, 0.25) is 0 Å². The fraction of sp³-hybridized carbons (Fsp3) is 0.933. The molecule has 0 aromatic rings. The predicted octanol–water partition coefficient (Wildman–Crippen LogP) is 2.97. The fourth-order valence-corrected chi connectivity index (χ4v) is 5.18. The smallest absolute Gasteiger partial charge is 0.399 e. The average Bonchev–Trinajstić information content (AvgIpc) is 2.40. The first-order chi connectivity index (χ1) is 10.9. The first-order valence-corrected chi connectivity index (χ1v) is 7.87. The van der Waals surface area contributed by atoms with Crippen molar-refractivity contribution in [3.63, 3.8) is 0 Å². The minimum absolute atomic E-state index is 0.386. The minimum Gasteiger partial charge on any atom is -0.828 e. The number of esters is 1. The van der Waals surface area contributed by atoms with Crippen LogP contribution in [0.15, 0.2) is 0 Å². The highest BCUT2D eigenvalue weighted by Gasteiger charge is 2.68. The Morgan fingerprint density at radius 3 is 1.62 bits per heavy atom. The van der Waals surface area contributed by atoms with Crippen molar-refractivity contribution in [3.05, 3.63) is 0 Å². The molecule has 0 spiro atoms. The lowest BCUT2D eigenvalue weighted by molar-refractivity contribution is -0.574. The molecule has 4 bridgehead atoms. The molecule has 0 aliphatic heterocycles. The molecular weight excluding hydrogens is 342 g/mol. The molecule has 0 aromatic heterocycles. The lowest BCUT2D eigenvalue weighted by Crippen LogP contribution is -2.71. The van der Waals surface area contributed by atoms with E-state index in [1.807, 2.05) is 0 Å². The Balaban J connectivity index is 1.73. The topological polar surface area (TPSA) is 49.4 Å². The Morgan fingerprint density at radius 1 is 0.917 bits per heavy atom. The molecule has 0 aromatic carbocycles. The number of hydrogen-bond donors (Lipinski definition) is 0. The Morgan fingerprint density at radius 2 is 1.29 bits per heavy atom. The average molecular weight is 359 g/mol.